The van der Waals surface area contributed by atoms with E-state index in [9.17, 15) is 9.59 Å². The van der Waals surface area contributed by atoms with E-state index in [4.69, 9.17) is 9.84 Å². The number of hydrogen-bond acceptors (Lipinski definition) is 4. The summed E-state index contributed by atoms with van der Waals surface area (Å²) in [5, 5.41) is 9.02. The Kier molecular flexibility index (Phi) is 6.03. The molecule has 1 rings (SSSR count). The first kappa shape index (κ1) is 16.0. The second kappa shape index (κ2) is 7.53. The average molecular weight is 279 g/mol. The molecule has 1 aromatic carbocycles. The smallest absolute Gasteiger partial charge is 0.323 e. The number of hydrogen-bond donors (Lipinski definition) is 1. The highest BCUT2D eigenvalue weighted by molar-refractivity contribution is 5.76. The molecule has 0 saturated carbocycles. The fourth-order valence-electron chi connectivity index (χ4n) is 1.97. The topological polar surface area (TPSA) is 66.8 Å². The second-order valence-corrected chi connectivity index (χ2v) is 4.66. The van der Waals surface area contributed by atoms with Crippen molar-refractivity contribution in [2.24, 2.45) is 0 Å². The summed E-state index contributed by atoms with van der Waals surface area (Å²) in [6.07, 6.45) is 0.175. The molecule has 0 atom stereocenters. The maximum atomic E-state index is 11.4. The van der Waals surface area contributed by atoms with Gasteiger partial charge in [0.05, 0.1) is 13.0 Å². The van der Waals surface area contributed by atoms with Crippen LogP contribution in [-0.2, 0) is 14.3 Å². The van der Waals surface area contributed by atoms with E-state index in [-0.39, 0.29) is 18.9 Å². The number of carboxylic acids is 1. The number of anilines is 1. The maximum Gasteiger partial charge on any atom is 0.323 e. The van der Waals surface area contributed by atoms with E-state index in [2.05, 4.69) is 0 Å². The molecule has 0 aliphatic rings. The first-order valence-corrected chi connectivity index (χ1v) is 6.63. The highest BCUT2D eigenvalue weighted by atomic mass is 16.5. The molecule has 0 aliphatic carbocycles. The number of aryl methyl sites for hydroxylation is 2. The Morgan fingerprint density at radius 1 is 1.30 bits per heavy atom. The zero-order valence-corrected chi connectivity index (χ0v) is 12.2. The van der Waals surface area contributed by atoms with E-state index < -0.39 is 5.97 Å². The van der Waals surface area contributed by atoms with Crippen LogP contribution >= 0.6 is 0 Å². The summed E-state index contributed by atoms with van der Waals surface area (Å²) >= 11 is 0. The Balaban J connectivity index is 2.85. The number of carbonyl (C=O) groups excluding carboxylic acids is 1. The molecule has 1 N–H and O–H groups in total. The molecule has 5 heteroatoms. The molecule has 0 fully saturated rings. The van der Waals surface area contributed by atoms with Gasteiger partial charge in [0.2, 0.25) is 0 Å². The van der Waals surface area contributed by atoms with Crippen LogP contribution in [0.4, 0.5) is 5.69 Å². The van der Waals surface area contributed by atoms with Gasteiger partial charge < -0.3 is 14.7 Å². The van der Waals surface area contributed by atoms with Gasteiger partial charge in [-0.25, -0.2) is 0 Å². The zero-order valence-electron chi connectivity index (χ0n) is 12.2. The number of benzene rings is 1. The Morgan fingerprint density at radius 2 is 2.00 bits per heavy atom. The fraction of sp³-hybridized carbons (Fsp3) is 0.467. The number of aliphatic carboxylic acids is 1. The van der Waals surface area contributed by atoms with Crippen molar-refractivity contribution >= 4 is 17.6 Å². The molecular weight excluding hydrogens is 258 g/mol. The van der Waals surface area contributed by atoms with Crippen LogP contribution in [0.3, 0.4) is 0 Å². The second-order valence-electron chi connectivity index (χ2n) is 4.66. The van der Waals surface area contributed by atoms with Crippen molar-refractivity contribution in [1.29, 1.82) is 0 Å². The third-order valence-corrected chi connectivity index (χ3v) is 2.92. The van der Waals surface area contributed by atoms with E-state index in [1.807, 2.05) is 32.0 Å². The average Bonchev–Trinajstić information content (AvgIpc) is 2.37. The van der Waals surface area contributed by atoms with Crippen molar-refractivity contribution < 1.29 is 19.4 Å². The van der Waals surface area contributed by atoms with Gasteiger partial charge in [0.1, 0.15) is 6.54 Å². The van der Waals surface area contributed by atoms with Crippen molar-refractivity contribution in [3.05, 3.63) is 29.3 Å². The van der Waals surface area contributed by atoms with Crippen molar-refractivity contribution in [3.63, 3.8) is 0 Å². The third kappa shape index (κ3) is 4.91. The van der Waals surface area contributed by atoms with Gasteiger partial charge in [-0.3, -0.25) is 9.59 Å². The van der Waals surface area contributed by atoms with Crippen molar-refractivity contribution in [2.45, 2.75) is 27.2 Å². The summed E-state index contributed by atoms with van der Waals surface area (Å²) in [5.41, 5.74) is 2.88. The molecule has 0 amide bonds. The number of nitrogens with zero attached hydrogens (tertiary/aromatic N) is 1. The molecule has 0 bridgehead atoms. The van der Waals surface area contributed by atoms with Crippen molar-refractivity contribution in [3.8, 4) is 0 Å². The Hall–Kier alpha value is -2.04. The Morgan fingerprint density at radius 3 is 2.60 bits per heavy atom. The largest absolute Gasteiger partial charge is 0.480 e. The number of ether oxygens (including phenoxy) is 1. The van der Waals surface area contributed by atoms with Gasteiger partial charge >= 0.3 is 11.9 Å². The molecule has 0 unspecified atom stereocenters. The lowest BCUT2D eigenvalue weighted by Gasteiger charge is -2.24. The highest BCUT2D eigenvalue weighted by Crippen LogP contribution is 2.21. The van der Waals surface area contributed by atoms with E-state index in [0.29, 0.717) is 13.2 Å². The predicted octanol–water partition coefficient (Wildman–Crippen LogP) is 2.15. The number of rotatable bonds is 7. The SMILES string of the molecule is CCOC(=O)CCN(CC(=O)O)c1cc(C)ccc1C. The standard InChI is InChI=1S/C15H21NO4/c1-4-20-15(19)7-8-16(10-14(17)18)13-9-11(2)5-6-12(13)3/h5-6,9H,4,7-8,10H2,1-3H3,(H,17,18). The van der Waals surface area contributed by atoms with Crippen LogP contribution < -0.4 is 4.90 Å². The summed E-state index contributed by atoms with van der Waals surface area (Å²) in [6.45, 7) is 6.15. The lowest BCUT2D eigenvalue weighted by molar-refractivity contribution is -0.143. The summed E-state index contributed by atoms with van der Waals surface area (Å²) in [4.78, 5) is 24.1. The molecular formula is C15H21NO4. The quantitative estimate of drug-likeness (QED) is 0.775. The first-order chi connectivity index (χ1) is 9.43. The first-order valence-electron chi connectivity index (χ1n) is 6.63. The molecule has 0 aliphatic heterocycles. The number of esters is 1. The normalized spacial score (nSPS) is 10.2. The molecule has 0 aromatic heterocycles. The van der Waals surface area contributed by atoms with E-state index >= 15 is 0 Å². The molecule has 0 saturated heterocycles. The van der Waals surface area contributed by atoms with Crippen LogP contribution in [0, 0.1) is 13.8 Å². The van der Waals surface area contributed by atoms with Crippen LogP contribution in [0.1, 0.15) is 24.5 Å². The van der Waals surface area contributed by atoms with Gasteiger partial charge in [-0.15, -0.1) is 0 Å². The minimum atomic E-state index is -0.922. The van der Waals surface area contributed by atoms with Gasteiger partial charge in [-0.2, -0.15) is 0 Å². The van der Waals surface area contributed by atoms with Crippen LogP contribution in [0.15, 0.2) is 18.2 Å². The minimum Gasteiger partial charge on any atom is -0.480 e. The third-order valence-electron chi connectivity index (χ3n) is 2.92. The minimum absolute atomic E-state index is 0.135. The van der Waals surface area contributed by atoms with Crippen LogP contribution in [0.25, 0.3) is 0 Å². The molecule has 0 radical (unpaired) electrons. The van der Waals surface area contributed by atoms with E-state index in [1.165, 1.54) is 0 Å². The number of carbonyl (C=O) groups is 2. The van der Waals surface area contributed by atoms with Gasteiger partial charge in [0.15, 0.2) is 0 Å². The van der Waals surface area contributed by atoms with Crippen LogP contribution in [-0.4, -0.2) is 36.7 Å². The Labute approximate surface area is 119 Å². The predicted molar refractivity (Wildman–Crippen MR) is 77.0 cm³/mol. The zero-order chi connectivity index (χ0) is 15.1. The van der Waals surface area contributed by atoms with E-state index in [1.54, 1.807) is 11.8 Å². The molecule has 0 heterocycles. The van der Waals surface area contributed by atoms with E-state index in [0.717, 1.165) is 16.8 Å². The van der Waals surface area contributed by atoms with Gasteiger partial charge in [-0.1, -0.05) is 12.1 Å². The summed E-state index contributed by atoms with van der Waals surface area (Å²) in [5.74, 6) is -1.23. The summed E-state index contributed by atoms with van der Waals surface area (Å²) in [6, 6.07) is 5.86. The molecule has 0 spiro atoms. The molecule has 5 nitrogen and oxygen atoms in total. The monoisotopic (exact) mass is 279 g/mol. The summed E-state index contributed by atoms with van der Waals surface area (Å²) < 4.78 is 4.87. The van der Waals surface area contributed by atoms with Crippen molar-refractivity contribution in [2.75, 3.05) is 24.6 Å². The lowest BCUT2D eigenvalue weighted by Crippen LogP contribution is -2.32. The molecule has 110 valence electrons. The van der Waals surface area contributed by atoms with Gasteiger partial charge in [-0.05, 0) is 38.0 Å². The summed E-state index contributed by atoms with van der Waals surface area (Å²) in [7, 11) is 0. The van der Waals surface area contributed by atoms with Gasteiger partial charge in [0.25, 0.3) is 0 Å². The van der Waals surface area contributed by atoms with Crippen LogP contribution in [0.2, 0.25) is 0 Å². The molecule has 1 aromatic rings. The highest BCUT2D eigenvalue weighted by Gasteiger charge is 2.15. The van der Waals surface area contributed by atoms with Gasteiger partial charge in [0, 0.05) is 12.2 Å². The maximum absolute atomic E-state index is 11.4. The number of carboxylic acid groups (broad SMARTS) is 1. The molecule has 20 heavy (non-hydrogen) atoms. The van der Waals surface area contributed by atoms with Crippen LogP contribution in [0.5, 0.6) is 0 Å². The fourth-order valence-corrected chi connectivity index (χ4v) is 1.97. The van der Waals surface area contributed by atoms with Crippen molar-refractivity contribution in [1.82, 2.24) is 0 Å². The lowest BCUT2D eigenvalue weighted by atomic mass is 10.1. The Bertz CT molecular complexity index is 485.